The first kappa shape index (κ1) is 38.2. The Labute approximate surface area is 322 Å². The molecule has 6 aromatic rings. The lowest BCUT2D eigenvalue weighted by Gasteiger charge is -2.30. The van der Waals surface area contributed by atoms with Gasteiger partial charge in [0.2, 0.25) is 21.8 Å². The van der Waals surface area contributed by atoms with Gasteiger partial charge in [0.1, 0.15) is 34.9 Å². The summed E-state index contributed by atoms with van der Waals surface area (Å²) in [6.07, 6.45) is -3.27. The number of alkyl halides is 4. The fourth-order valence-corrected chi connectivity index (χ4v) is 8.61. The Balaban J connectivity index is 1.49. The number of pyridine rings is 1. The van der Waals surface area contributed by atoms with Crippen molar-refractivity contribution in [3.8, 4) is 11.6 Å². The first-order chi connectivity index (χ1) is 26.8. The molecule has 4 heterocycles. The van der Waals surface area contributed by atoms with E-state index in [4.69, 9.17) is 22.1 Å². The molecule has 2 aromatic carbocycles. The third kappa shape index (κ3) is 6.22. The van der Waals surface area contributed by atoms with Gasteiger partial charge in [0.15, 0.2) is 11.5 Å². The third-order valence-electron chi connectivity index (χ3n) is 10.2. The van der Waals surface area contributed by atoms with Gasteiger partial charge in [0, 0.05) is 30.7 Å². The average Bonchev–Trinajstić information content (AvgIpc) is 3.65. The number of carbonyl (C=O) groups is 1. The predicted octanol–water partition coefficient (Wildman–Crippen LogP) is 5.38. The van der Waals surface area contributed by atoms with Crippen LogP contribution >= 0.6 is 11.6 Å². The standard InChI is InChI=1S/C35H28ClF6N9O5S/c1-49-27-21(6-5-20(36)24(27)32(47-49)48-57(3,54)55)50-33(45-31-16(34(50)53)4-7-22(44-31)56-2)18(10-13-8-14(37)11-15(38)9-13)26(30(43)52)51-28-23(25(46-51)29(39)40)17-12-19(17)35(28,41)42/h4-9,11,17-19,26,29H,10,12H2,1-3H3,(H2,43,52)(H,47,48)/t17-,18-,19+,26?/m0/s1. The summed E-state index contributed by atoms with van der Waals surface area (Å²) in [6.45, 7) is 0. The van der Waals surface area contributed by atoms with Crippen molar-refractivity contribution < 1.29 is 44.3 Å². The van der Waals surface area contributed by atoms with Crippen molar-refractivity contribution in [1.29, 1.82) is 0 Å². The number of rotatable bonds is 11. The van der Waals surface area contributed by atoms with Crippen molar-refractivity contribution in [3.05, 3.63) is 97.8 Å². The van der Waals surface area contributed by atoms with Gasteiger partial charge in [-0.2, -0.15) is 24.0 Å². The number of hydrogen-bond acceptors (Lipinski definition) is 9. The summed E-state index contributed by atoms with van der Waals surface area (Å²) in [5.74, 6) is -12.2. The first-order valence-corrected chi connectivity index (χ1v) is 19.2. The molecule has 0 bridgehead atoms. The maximum Gasteiger partial charge on any atom is 0.293 e. The van der Waals surface area contributed by atoms with E-state index >= 15 is 8.78 Å². The monoisotopic (exact) mass is 835 g/mol. The van der Waals surface area contributed by atoms with Crippen LogP contribution in [0.1, 0.15) is 59.1 Å². The van der Waals surface area contributed by atoms with Crippen LogP contribution in [0, 0.1) is 17.6 Å². The van der Waals surface area contributed by atoms with Gasteiger partial charge < -0.3 is 10.5 Å². The molecule has 3 N–H and O–H groups in total. The molecule has 1 unspecified atom stereocenters. The molecule has 2 aliphatic rings. The van der Waals surface area contributed by atoms with Crippen LogP contribution in [-0.2, 0) is 34.2 Å². The van der Waals surface area contributed by atoms with E-state index < -0.39 is 98.5 Å². The number of benzene rings is 2. The lowest BCUT2D eigenvalue weighted by Crippen LogP contribution is -2.39. The number of halogens is 7. The second kappa shape index (κ2) is 13.2. The molecule has 0 spiro atoms. The highest BCUT2D eigenvalue weighted by molar-refractivity contribution is 7.92. The molecule has 2 aliphatic carbocycles. The molecule has 14 nitrogen and oxygen atoms in total. The molecule has 1 saturated carbocycles. The highest BCUT2D eigenvalue weighted by Crippen LogP contribution is 2.68. The van der Waals surface area contributed by atoms with Gasteiger partial charge in [0.25, 0.3) is 17.9 Å². The Hall–Kier alpha value is -5.70. The Morgan fingerprint density at radius 3 is 2.44 bits per heavy atom. The zero-order valence-electron chi connectivity index (χ0n) is 29.6. The SMILES string of the molecule is COc1ccc2c(=O)n(-c3ccc(Cl)c4c(NS(C)(=O)=O)nn(C)c34)c([C@@H](Cc3cc(F)cc(F)c3)C(C(N)=O)n3nc(C(F)F)c4c3C(F)(F)[C@@H]3C[C@H]43)nc2n1. The summed E-state index contributed by atoms with van der Waals surface area (Å²) in [5.41, 5.74) is 2.09. The predicted molar refractivity (Wildman–Crippen MR) is 192 cm³/mol. The number of ether oxygens (including phenoxy) is 1. The van der Waals surface area contributed by atoms with Crippen LogP contribution in [0.2, 0.25) is 5.02 Å². The number of hydrogen-bond donors (Lipinski definition) is 2. The Morgan fingerprint density at radius 1 is 1.11 bits per heavy atom. The molecule has 0 radical (unpaired) electrons. The second-order valence-electron chi connectivity index (χ2n) is 13.9. The zero-order chi connectivity index (χ0) is 41.0. The number of aromatic nitrogens is 7. The van der Waals surface area contributed by atoms with E-state index in [0.29, 0.717) is 10.7 Å². The van der Waals surface area contributed by atoms with Gasteiger partial charge >= 0.3 is 0 Å². The number of methoxy groups -OCH3 is 1. The fraction of sp³-hybridized carbons (Fsp3) is 0.314. The fourth-order valence-electron chi connectivity index (χ4n) is 7.88. The molecular weight excluding hydrogens is 808 g/mol. The van der Waals surface area contributed by atoms with Crippen LogP contribution < -0.4 is 20.8 Å². The van der Waals surface area contributed by atoms with Gasteiger partial charge in [-0.3, -0.25) is 23.6 Å². The summed E-state index contributed by atoms with van der Waals surface area (Å²) in [6, 6.07) is 5.43. The van der Waals surface area contributed by atoms with Gasteiger partial charge in [-0.1, -0.05) is 11.6 Å². The van der Waals surface area contributed by atoms with Crippen molar-refractivity contribution in [2.45, 2.75) is 43.1 Å². The number of anilines is 1. The van der Waals surface area contributed by atoms with Crippen LogP contribution in [0.5, 0.6) is 5.88 Å². The van der Waals surface area contributed by atoms with E-state index in [-0.39, 0.29) is 56.3 Å². The normalized spacial score (nSPS) is 18.2. The Kier molecular flexibility index (Phi) is 8.83. The maximum atomic E-state index is 16.1. The maximum absolute atomic E-state index is 16.1. The number of fused-ring (bicyclic) bond motifs is 5. The molecule has 1 amide bonds. The number of aryl methyl sites for hydroxylation is 1. The van der Waals surface area contributed by atoms with Crippen LogP contribution in [0.25, 0.3) is 27.6 Å². The highest BCUT2D eigenvalue weighted by atomic mass is 35.5. The molecule has 0 saturated heterocycles. The van der Waals surface area contributed by atoms with Gasteiger partial charge in [-0.25, -0.2) is 35.6 Å². The second-order valence-corrected chi connectivity index (χ2v) is 16.0. The summed E-state index contributed by atoms with van der Waals surface area (Å²) >= 11 is 6.58. The van der Waals surface area contributed by atoms with Gasteiger partial charge in [0.05, 0.1) is 46.3 Å². The molecule has 4 atom stereocenters. The van der Waals surface area contributed by atoms with E-state index in [0.717, 1.165) is 23.0 Å². The van der Waals surface area contributed by atoms with Crippen LogP contribution in [0.3, 0.4) is 0 Å². The number of nitrogens with two attached hydrogens (primary N) is 1. The third-order valence-corrected chi connectivity index (χ3v) is 11.0. The first-order valence-electron chi connectivity index (χ1n) is 16.9. The number of nitrogens with zero attached hydrogens (tertiary/aromatic N) is 7. The lowest BCUT2D eigenvalue weighted by molar-refractivity contribution is -0.122. The van der Waals surface area contributed by atoms with Crippen molar-refractivity contribution in [1.82, 2.24) is 34.1 Å². The van der Waals surface area contributed by atoms with Crippen molar-refractivity contribution in [2.24, 2.45) is 18.7 Å². The molecule has 22 heteroatoms. The number of nitrogens with one attached hydrogen (secondary N) is 1. The summed E-state index contributed by atoms with van der Waals surface area (Å²) < 4.78 is 125. The topological polar surface area (TPSA) is 182 Å². The quantitative estimate of drug-likeness (QED) is 0.162. The van der Waals surface area contributed by atoms with E-state index in [1.165, 1.54) is 43.1 Å². The lowest BCUT2D eigenvalue weighted by atomic mass is 9.89. The van der Waals surface area contributed by atoms with Crippen molar-refractivity contribution >= 4 is 55.3 Å². The minimum atomic E-state index is -3.95. The summed E-state index contributed by atoms with van der Waals surface area (Å²) in [4.78, 5) is 37.5. The number of amides is 1. The number of carbonyl (C=O) groups excluding carboxylic acids is 1. The molecule has 0 aliphatic heterocycles. The van der Waals surface area contributed by atoms with Crippen molar-refractivity contribution in [2.75, 3.05) is 18.1 Å². The average molecular weight is 836 g/mol. The minimum Gasteiger partial charge on any atom is -0.481 e. The minimum absolute atomic E-state index is 0.00608. The molecule has 4 aromatic heterocycles. The molecular formula is C35H28ClF6N9O5S. The largest absolute Gasteiger partial charge is 0.481 e. The molecule has 298 valence electrons. The number of sulfonamides is 1. The highest BCUT2D eigenvalue weighted by Gasteiger charge is 2.67. The number of primary amides is 1. The molecule has 57 heavy (non-hydrogen) atoms. The Bertz CT molecular complexity index is 2850. The van der Waals surface area contributed by atoms with E-state index in [1.807, 2.05) is 0 Å². The van der Waals surface area contributed by atoms with E-state index in [2.05, 4.69) is 24.9 Å². The summed E-state index contributed by atoms with van der Waals surface area (Å²) in [7, 11) is -1.28. The van der Waals surface area contributed by atoms with Gasteiger partial charge in [-0.05, 0) is 54.7 Å². The zero-order valence-corrected chi connectivity index (χ0v) is 31.2. The van der Waals surface area contributed by atoms with E-state index in [9.17, 15) is 35.6 Å². The molecule has 1 fully saturated rings. The van der Waals surface area contributed by atoms with Crippen molar-refractivity contribution in [3.63, 3.8) is 0 Å². The van der Waals surface area contributed by atoms with Crippen LogP contribution in [0.4, 0.5) is 32.2 Å². The van der Waals surface area contributed by atoms with E-state index in [1.54, 1.807) is 0 Å². The van der Waals surface area contributed by atoms with Gasteiger partial charge in [-0.15, -0.1) is 0 Å². The smallest absolute Gasteiger partial charge is 0.293 e. The van der Waals surface area contributed by atoms with Crippen LogP contribution in [0.15, 0.2) is 47.3 Å². The molecule has 8 rings (SSSR count). The Morgan fingerprint density at radius 2 is 1.81 bits per heavy atom. The van der Waals surface area contributed by atoms with Crippen LogP contribution in [-0.4, -0.2) is 61.8 Å². The summed E-state index contributed by atoms with van der Waals surface area (Å²) in [5, 5.41) is 7.92.